The first-order valence-corrected chi connectivity index (χ1v) is 8.63. The zero-order valence-electron chi connectivity index (χ0n) is 12.5. The molecule has 2 amide bonds. The third kappa shape index (κ3) is 2.98. The molecular formula is C16H22N2O2S. The van der Waals surface area contributed by atoms with Gasteiger partial charge in [0, 0.05) is 30.9 Å². The van der Waals surface area contributed by atoms with Gasteiger partial charge in [-0.05, 0) is 50.2 Å². The summed E-state index contributed by atoms with van der Waals surface area (Å²) in [6.45, 7) is 1.78. The van der Waals surface area contributed by atoms with Gasteiger partial charge in [-0.3, -0.25) is 9.59 Å². The smallest absolute Gasteiger partial charge is 0.263 e. The third-order valence-electron chi connectivity index (χ3n) is 4.55. The number of piperidine rings is 1. The molecule has 21 heavy (non-hydrogen) atoms. The van der Waals surface area contributed by atoms with Crippen molar-refractivity contribution in [2.24, 2.45) is 5.92 Å². The number of thiophene rings is 1. The van der Waals surface area contributed by atoms with Crippen LogP contribution in [0, 0.1) is 5.92 Å². The minimum Gasteiger partial charge on any atom is -0.359 e. The average molecular weight is 306 g/mol. The minimum atomic E-state index is 0.0649. The van der Waals surface area contributed by atoms with E-state index in [-0.39, 0.29) is 17.7 Å². The van der Waals surface area contributed by atoms with E-state index in [0.29, 0.717) is 0 Å². The second-order valence-corrected chi connectivity index (χ2v) is 7.10. The van der Waals surface area contributed by atoms with Gasteiger partial charge in [0.2, 0.25) is 5.91 Å². The summed E-state index contributed by atoms with van der Waals surface area (Å²) >= 11 is 1.64. The number of likely N-dealkylation sites (tertiary alicyclic amines) is 1. The van der Waals surface area contributed by atoms with Crippen molar-refractivity contribution in [2.75, 3.05) is 20.1 Å². The Morgan fingerprint density at radius 3 is 2.76 bits per heavy atom. The van der Waals surface area contributed by atoms with Gasteiger partial charge in [-0.1, -0.05) is 0 Å². The van der Waals surface area contributed by atoms with Crippen molar-refractivity contribution in [3.63, 3.8) is 0 Å². The molecule has 5 heteroatoms. The summed E-state index contributed by atoms with van der Waals surface area (Å²) in [5.41, 5.74) is 1.21. The van der Waals surface area contributed by atoms with Crippen LogP contribution in [0.5, 0.6) is 0 Å². The first kappa shape index (κ1) is 14.6. The van der Waals surface area contributed by atoms with Crippen LogP contribution < -0.4 is 5.32 Å². The normalized spacial score (nSPS) is 21.8. The van der Waals surface area contributed by atoms with Gasteiger partial charge in [0.05, 0.1) is 4.88 Å². The van der Waals surface area contributed by atoms with Crippen LogP contribution in [0.25, 0.3) is 0 Å². The van der Waals surface area contributed by atoms with Crippen molar-refractivity contribution in [1.82, 2.24) is 10.2 Å². The Balaban J connectivity index is 1.74. The Morgan fingerprint density at radius 1 is 1.29 bits per heavy atom. The van der Waals surface area contributed by atoms with E-state index < -0.39 is 0 Å². The van der Waals surface area contributed by atoms with Gasteiger partial charge in [0.1, 0.15) is 0 Å². The first-order valence-electron chi connectivity index (χ1n) is 7.81. The number of nitrogens with zero attached hydrogens (tertiary/aromatic N) is 1. The van der Waals surface area contributed by atoms with Crippen LogP contribution in [0.1, 0.15) is 45.8 Å². The van der Waals surface area contributed by atoms with Gasteiger partial charge in [0.15, 0.2) is 0 Å². The summed E-state index contributed by atoms with van der Waals surface area (Å²) < 4.78 is 0. The zero-order valence-corrected chi connectivity index (χ0v) is 13.3. The molecule has 1 saturated heterocycles. The highest BCUT2D eigenvalue weighted by Gasteiger charge is 2.28. The number of nitrogens with one attached hydrogen (secondary N) is 1. The summed E-state index contributed by atoms with van der Waals surface area (Å²) in [5.74, 6) is 0.372. The molecule has 1 aliphatic carbocycles. The molecule has 0 bridgehead atoms. The van der Waals surface area contributed by atoms with E-state index in [1.807, 2.05) is 11.0 Å². The maximum Gasteiger partial charge on any atom is 0.263 e. The molecule has 0 radical (unpaired) electrons. The van der Waals surface area contributed by atoms with Crippen molar-refractivity contribution in [1.29, 1.82) is 0 Å². The van der Waals surface area contributed by atoms with E-state index in [2.05, 4.69) is 5.32 Å². The second kappa shape index (κ2) is 6.18. The van der Waals surface area contributed by atoms with Crippen LogP contribution >= 0.6 is 11.3 Å². The molecular weight excluding hydrogens is 284 g/mol. The lowest BCUT2D eigenvalue weighted by Gasteiger charge is -2.26. The molecule has 2 aliphatic rings. The number of carbonyl (C=O) groups is 2. The number of carbonyl (C=O) groups excluding carboxylic acids is 2. The SMILES string of the molecule is CNC(=O)[C@H]1CCc2sc(C(=O)N3CCCCC3)cc2C1. The highest BCUT2D eigenvalue weighted by molar-refractivity contribution is 7.14. The van der Waals surface area contributed by atoms with Crippen molar-refractivity contribution in [3.05, 3.63) is 21.4 Å². The second-order valence-electron chi connectivity index (χ2n) is 5.97. The summed E-state index contributed by atoms with van der Waals surface area (Å²) in [7, 11) is 1.69. The molecule has 0 unspecified atom stereocenters. The van der Waals surface area contributed by atoms with Gasteiger partial charge < -0.3 is 10.2 Å². The number of aryl methyl sites for hydroxylation is 1. The molecule has 0 aromatic carbocycles. The largest absolute Gasteiger partial charge is 0.359 e. The van der Waals surface area contributed by atoms with E-state index in [4.69, 9.17) is 0 Å². The predicted molar refractivity (Wildman–Crippen MR) is 83.7 cm³/mol. The fraction of sp³-hybridized carbons (Fsp3) is 0.625. The maximum atomic E-state index is 12.5. The summed E-state index contributed by atoms with van der Waals surface area (Å²) in [4.78, 5) is 28.5. The van der Waals surface area contributed by atoms with Crippen LogP contribution in [0.3, 0.4) is 0 Å². The molecule has 1 atom stereocenters. The molecule has 1 N–H and O–H groups in total. The van der Waals surface area contributed by atoms with Crippen molar-refractivity contribution < 1.29 is 9.59 Å². The Hall–Kier alpha value is -1.36. The summed E-state index contributed by atoms with van der Waals surface area (Å²) in [6, 6.07) is 2.03. The quantitative estimate of drug-likeness (QED) is 0.911. The molecule has 3 rings (SSSR count). The number of fused-ring (bicyclic) bond motifs is 1. The minimum absolute atomic E-state index is 0.0649. The molecule has 1 aromatic rings. The number of rotatable bonds is 2. The van der Waals surface area contributed by atoms with E-state index in [1.165, 1.54) is 16.9 Å². The van der Waals surface area contributed by atoms with Crippen LogP contribution in [0.15, 0.2) is 6.07 Å². The lowest BCUT2D eigenvalue weighted by molar-refractivity contribution is -0.124. The van der Waals surface area contributed by atoms with Crippen LogP contribution in [-0.2, 0) is 17.6 Å². The molecule has 2 heterocycles. The molecule has 114 valence electrons. The highest BCUT2D eigenvalue weighted by atomic mass is 32.1. The Bertz CT molecular complexity index is 546. The van der Waals surface area contributed by atoms with Crippen LogP contribution in [-0.4, -0.2) is 36.9 Å². The number of amides is 2. The molecule has 1 aromatic heterocycles. The highest BCUT2D eigenvalue weighted by Crippen LogP contribution is 2.33. The van der Waals surface area contributed by atoms with Crippen LogP contribution in [0.2, 0.25) is 0 Å². The van der Waals surface area contributed by atoms with E-state index in [1.54, 1.807) is 18.4 Å². The molecule has 0 spiro atoms. The van der Waals surface area contributed by atoms with Crippen molar-refractivity contribution in [2.45, 2.75) is 38.5 Å². The van der Waals surface area contributed by atoms with E-state index >= 15 is 0 Å². The topological polar surface area (TPSA) is 49.4 Å². The first-order chi connectivity index (χ1) is 10.2. The predicted octanol–water partition coefficient (Wildman–Crippen LogP) is 2.23. The van der Waals surface area contributed by atoms with Crippen molar-refractivity contribution in [3.8, 4) is 0 Å². The monoisotopic (exact) mass is 306 g/mol. The van der Waals surface area contributed by atoms with Crippen molar-refractivity contribution >= 4 is 23.2 Å². The summed E-state index contributed by atoms with van der Waals surface area (Å²) in [5, 5.41) is 2.74. The van der Waals surface area contributed by atoms with Crippen LogP contribution in [0.4, 0.5) is 0 Å². The summed E-state index contributed by atoms with van der Waals surface area (Å²) in [6.07, 6.45) is 6.07. The Morgan fingerprint density at radius 2 is 2.05 bits per heavy atom. The zero-order chi connectivity index (χ0) is 14.8. The lowest BCUT2D eigenvalue weighted by Crippen LogP contribution is -2.35. The van der Waals surface area contributed by atoms with Gasteiger partial charge in [-0.25, -0.2) is 0 Å². The van der Waals surface area contributed by atoms with E-state index in [9.17, 15) is 9.59 Å². The van der Waals surface area contributed by atoms with Gasteiger partial charge in [0.25, 0.3) is 5.91 Å². The molecule has 1 aliphatic heterocycles. The maximum absolute atomic E-state index is 12.5. The molecule has 1 fully saturated rings. The van der Waals surface area contributed by atoms with Gasteiger partial charge in [-0.15, -0.1) is 11.3 Å². The fourth-order valence-corrected chi connectivity index (χ4v) is 4.49. The molecule has 0 saturated carbocycles. The average Bonchev–Trinajstić information content (AvgIpc) is 2.97. The fourth-order valence-electron chi connectivity index (χ4n) is 3.31. The third-order valence-corrected chi connectivity index (χ3v) is 5.78. The molecule has 4 nitrogen and oxygen atoms in total. The number of hydrogen-bond donors (Lipinski definition) is 1. The van der Waals surface area contributed by atoms with Gasteiger partial charge >= 0.3 is 0 Å². The lowest BCUT2D eigenvalue weighted by atomic mass is 9.88. The Labute approximate surface area is 129 Å². The van der Waals surface area contributed by atoms with E-state index in [0.717, 1.165) is 50.1 Å². The standard InChI is InChI=1S/C16H22N2O2S/c1-17-15(19)11-5-6-13-12(9-11)10-14(21-13)16(20)18-7-3-2-4-8-18/h10-11H,2-9H2,1H3,(H,17,19)/t11-/m0/s1. The van der Waals surface area contributed by atoms with Gasteiger partial charge in [-0.2, -0.15) is 0 Å². The Kier molecular flexibility index (Phi) is 4.29. The number of hydrogen-bond acceptors (Lipinski definition) is 3.